The molecule has 0 aromatic heterocycles. The summed E-state index contributed by atoms with van der Waals surface area (Å²) in [5, 5.41) is 8.88. The Morgan fingerprint density at radius 2 is 2.58 bits per heavy atom. The molecule has 2 rings (SSSR count). The van der Waals surface area contributed by atoms with Gasteiger partial charge < -0.3 is 10.0 Å². The summed E-state index contributed by atoms with van der Waals surface area (Å²) < 4.78 is 0. The molecule has 0 bridgehead atoms. The molecule has 0 radical (unpaired) electrons. The summed E-state index contributed by atoms with van der Waals surface area (Å²) in [5.41, 5.74) is 0.962. The van der Waals surface area contributed by atoms with Crippen molar-refractivity contribution < 1.29 is 5.11 Å². The van der Waals surface area contributed by atoms with Gasteiger partial charge in [0.05, 0.1) is 25.5 Å². The van der Waals surface area contributed by atoms with E-state index in [1.807, 2.05) is 17.9 Å². The SMILES string of the molecule is CC1=CC2=N[C@H](CO)CN2C=N1. The molecule has 2 aliphatic heterocycles. The van der Waals surface area contributed by atoms with Crippen LogP contribution in [0.25, 0.3) is 0 Å². The Kier molecular flexibility index (Phi) is 1.69. The van der Waals surface area contributed by atoms with Crippen LogP contribution in [0.4, 0.5) is 0 Å². The number of hydrogen-bond acceptors (Lipinski definition) is 4. The number of aliphatic imine (C=N–C) groups is 2. The molecule has 4 heteroatoms. The van der Waals surface area contributed by atoms with E-state index in [-0.39, 0.29) is 12.6 Å². The third-order valence-electron chi connectivity index (χ3n) is 1.97. The molecule has 12 heavy (non-hydrogen) atoms. The minimum Gasteiger partial charge on any atom is -0.394 e. The fraction of sp³-hybridized carbons (Fsp3) is 0.500. The number of nitrogens with zero attached hydrogens (tertiary/aromatic N) is 3. The van der Waals surface area contributed by atoms with Crippen LogP contribution < -0.4 is 0 Å². The number of fused-ring (bicyclic) bond motifs is 1. The monoisotopic (exact) mass is 165 g/mol. The zero-order chi connectivity index (χ0) is 8.55. The Morgan fingerprint density at radius 1 is 1.75 bits per heavy atom. The highest BCUT2D eigenvalue weighted by Gasteiger charge is 2.23. The first-order valence-corrected chi connectivity index (χ1v) is 3.97. The first-order valence-electron chi connectivity index (χ1n) is 3.97. The summed E-state index contributed by atoms with van der Waals surface area (Å²) in [5.74, 6) is 0.918. The van der Waals surface area contributed by atoms with Crippen LogP contribution in [0.15, 0.2) is 21.8 Å². The van der Waals surface area contributed by atoms with Gasteiger partial charge in [-0.15, -0.1) is 0 Å². The third kappa shape index (κ3) is 1.14. The summed E-state index contributed by atoms with van der Waals surface area (Å²) in [6.45, 7) is 2.79. The lowest BCUT2D eigenvalue weighted by Gasteiger charge is -2.15. The van der Waals surface area contributed by atoms with Gasteiger partial charge in [-0.2, -0.15) is 0 Å². The van der Waals surface area contributed by atoms with Gasteiger partial charge in [0.2, 0.25) is 0 Å². The molecule has 0 aromatic rings. The Morgan fingerprint density at radius 3 is 3.33 bits per heavy atom. The minimum atomic E-state index is 0.0219. The number of hydrogen-bond donors (Lipinski definition) is 1. The maximum atomic E-state index is 8.88. The second-order valence-electron chi connectivity index (χ2n) is 3.01. The van der Waals surface area contributed by atoms with Crippen LogP contribution in [-0.4, -0.2) is 41.4 Å². The van der Waals surface area contributed by atoms with E-state index in [1.54, 1.807) is 6.34 Å². The Balaban J connectivity index is 2.22. The summed E-state index contributed by atoms with van der Waals surface area (Å²) in [6.07, 6.45) is 3.69. The molecule has 4 nitrogen and oxygen atoms in total. The fourth-order valence-electron chi connectivity index (χ4n) is 1.33. The van der Waals surface area contributed by atoms with E-state index in [0.29, 0.717) is 0 Å². The van der Waals surface area contributed by atoms with Crippen molar-refractivity contribution in [3.05, 3.63) is 11.8 Å². The van der Waals surface area contributed by atoms with Gasteiger partial charge >= 0.3 is 0 Å². The number of rotatable bonds is 1. The van der Waals surface area contributed by atoms with Crippen LogP contribution in [0.5, 0.6) is 0 Å². The van der Waals surface area contributed by atoms with Gasteiger partial charge in [-0.1, -0.05) is 0 Å². The number of amidine groups is 1. The highest BCUT2D eigenvalue weighted by atomic mass is 16.3. The smallest absolute Gasteiger partial charge is 0.130 e. The summed E-state index contributed by atoms with van der Waals surface area (Å²) >= 11 is 0. The predicted octanol–water partition coefficient (Wildman–Crippen LogP) is 0.00710. The van der Waals surface area contributed by atoms with Gasteiger partial charge in [-0.3, -0.25) is 4.99 Å². The lowest BCUT2D eigenvalue weighted by atomic mass is 10.3. The summed E-state index contributed by atoms with van der Waals surface area (Å²) in [7, 11) is 0. The molecule has 0 fully saturated rings. The van der Waals surface area contributed by atoms with Crippen LogP contribution in [0.2, 0.25) is 0 Å². The van der Waals surface area contributed by atoms with Crippen LogP contribution in [-0.2, 0) is 0 Å². The van der Waals surface area contributed by atoms with Crippen molar-refractivity contribution >= 4 is 12.2 Å². The lowest BCUT2D eigenvalue weighted by molar-refractivity contribution is 0.265. The molecule has 0 unspecified atom stereocenters. The molecular formula is C8H11N3O. The fourth-order valence-corrected chi connectivity index (χ4v) is 1.33. The van der Waals surface area contributed by atoms with E-state index < -0.39 is 0 Å². The van der Waals surface area contributed by atoms with Crippen LogP contribution in [0, 0.1) is 0 Å². The molecule has 0 aliphatic carbocycles. The normalized spacial score (nSPS) is 26.8. The predicted molar refractivity (Wildman–Crippen MR) is 47.3 cm³/mol. The van der Waals surface area contributed by atoms with Gasteiger partial charge in [0, 0.05) is 11.8 Å². The second-order valence-corrected chi connectivity index (χ2v) is 3.01. The highest BCUT2D eigenvalue weighted by Crippen LogP contribution is 2.13. The molecule has 0 amide bonds. The molecule has 64 valence electrons. The molecule has 0 spiro atoms. The van der Waals surface area contributed by atoms with Crippen LogP contribution in [0.3, 0.4) is 0 Å². The largest absolute Gasteiger partial charge is 0.394 e. The lowest BCUT2D eigenvalue weighted by Crippen LogP contribution is -2.29. The molecular weight excluding hydrogens is 154 g/mol. The van der Waals surface area contributed by atoms with Gasteiger partial charge in [0.15, 0.2) is 0 Å². The van der Waals surface area contributed by atoms with Gasteiger partial charge in [0.1, 0.15) is 5.84 Å². The molecule has 0 saturated heterocycles. The van der Waals surface area contributed by atoms with Gasteiger partial charge in [-0.05, 0) is 6.92 Å². The molecule has 1 N–H and O–H groups in total. The number of aliphatic hydroxyl groups is 1. The molecule has 0 saturated carbocycles. The Hall–Kier alpha value is -1.16. The van der Waals surface area contributed by atoms with Crippen LogP contribution in [0.1, 0.15) is 6.92 Å². The summed E-state index contributed by atoms with van der Waals surface area (Å²) in [4.78, 5) is 10.4. The second kappa shape index (κ2) is 2.71. The molecule has 2 heterocycles. The van der Waals surface area contributed by atoms with Crippen molar-refractivity contribution in [3.63, 3.8) is 0 Å². The van der Waals surface area contributed by atoms with Gasteiger partial charge in [0.25, 0.3) is 0 Å². The first-order chi connectivity index (χ1) is 5.79. The number of allylic oxidation sites excluding steroid dienone is 1. The van der Waals surface area contributed by atoms with Crippen LogP contribution >= 0.6 is 0 Å². The van der Waals surface area contributed by atoms with E-state index >= 15 is 0 Å². The number of aliphatic hydroxyl groups excluding tert-OH is 1. The zero-order valence-electron chi connectivity index (χ0n) is 6.94. The maximum absolute atomic E-state index is 8.88. The molecule has 2 aliphatic rings. The highest BCUT2D eigenvalue weighted by molar-refractivity contribution is 6.03. The van der Waals surface area contributed by atoms with Gasteiger partial charge in [-0.25, -0.2) is 4.99 Å². The molecule has 0 aromatic carbocycles. The van der Waals surface area contributed by atoms with Crippen molar-refractivity contribution in [2.75, 3.05) is 13.2 Å². The van der Waals surface area contributed by atoms with E-state index in [9.17, 15) is 0 Å². The van der Waals surface area contributed by atoms with Crippen molar-refractivity contribution in [1.82, 2.24) is 4.90 Å². The Bertz CT molecular complexity index is 280. The average molecular weight is 165 g/mol. The topological polar surface area (TPSA) is 48.2 Å². The van der Waals surface area contributed by atoms with E-state index in [1.165, 1.54) is 0 Å². The third-order valence-corrected chi connectivity index (χ3v) is 1.97. The van der Waals surface area contributed by atoms with Crippen molar-refractivity contribution in [2.24, 2.45) is 9.98 Å². The average Bonchev–Trinajstić information content (AvgIpc) is 2.46. The van der Waals surface area contributed by atoms with E-state index in [2.05, 4.69) is 9.98 Å². The van der Waals surface area contributed by atoms with Crippen molar-refractivity contribution in [1.29, 1.82) is 0 Å². The quantitative estimate of drug-likeness (QED) is 0.595. The minimum absolute atomic E-state index is 0.0219. The van der Waals surface area contributed by atoms with E-state index in [4.69, 9.17) is 5.11 Å². The molecule has 1 atom stereocenters. The standard InChI is InChI=1S/C8H11N3O/c1-6-2-8-10-7(4-12)3-11(8)5-9-6/h2,5,7,12H,3-4H2,1H3/t7-/m0/s1. The van der Waals surface area contributed by atoms with Crippen molar-refractivity contribution in [3.8, 4) is 0 Å². The first kappa shape index (κ1) is 7.49. The summed E-state index contributed by atoms with van der Waals surface area (Å²) in [6, 6.07) is 0.0219. The van der Waals surface area contributed by atoms with E-state index in [0.717, 1.165) is 18.1 Å². The zero-order valence-corrected chi connectivity index (χ0v) is 6.94. The maximum Gasteiger partial charge on any atom is 0.130 e. The Labute approximate surface area is 70.9 Å². The van der Waals surface area contributed by atoms with Crippen molar-refractivity contribution in [2.45, 2.75) is 13.0 Å².